The monoisotopic (exact) mass is 436 g/mol. The molecule has 28 heavy (non-hydrogen) atoms. The van der Waals surface area contributed by atoms with Gasteiger partial charge < -0.3 is 0 Å². The first kappa shape index (κ1) is 22.2. The van der Waals surface area contributed by atoms with Crippen LogP contribution in [0.3, 0.4) is 0 Å². The summed E-state index contributed by atoms with van der Waals surface area (Å²) in [7, 11) is -8.30. The van der Waals surface area contributed by atoms with E-state index in [2.05, 4.69) is 4.72 Å². The Morgan fingerprint density at radius 1 is 0.857 bits per heavy atom. The highest BCUT2D eigenvalue weighted by atomic mass is 32.2. The highest BCUT2D eigenvalue weighted by Crippen LogP contribution is 2.25. The van der Waals surface area contributed by atoms with Crippen molar-refractivity contribution in [1.82, 2.24) is 4.72 Å². The first-order valence-corrected chi connectivity index (χ1v) is 10.9. The van der Waals surface area contributed by atoms with Gasteiger partial charge in [0.25, 0.3) is 10.0 Å². The Bertz CT molecular complexity index is 1060. The highest BCUT2D eigenvalue weighted by molar-refractivity contribution is 7.92. The van der Waals surface area contributed by atoms with E-state index in [9.17, 15) is 30.0 Å². The molecule has 11 heteroatoms. The summed E-state index contributed by atoms with van der Waals surface area (Å²) in [5.74, 6) is 0. The van der Waals surface area contributed by atoms with E-state index >= 15 is 0 Å². The van der Waals surface area contributed by atoms with Gasteiger partial charge in [-0.3, -0.25) is 4.72 Å². The van der Waals surface area contributed by atoms with E-state index in [1.807, 2.05) is 6.92 Å². The van der Waals surface area contributed by atoms with Crippen molar-refractivity contribution in [2.45, 2.75) is 36.7 Å². The van der Waals surface area contributed by atoms with Crippen molar-refractivity contribution in [1.29, 1.82) is 0 Å². The van der Waals surface area contributed by atoms with Crippen molar-refractivity contribution >= 4 is 25.7 Å². The molecular weight excluding hydrogens is 417 g/mol. The first-order valence-electron chi connectivity index (χ1n) is 7.98. The number of benzene rings is 2. The molecule has 0 fully saturated rings. The second kappa shape index (κ2) is 7.72. The largest absolute Gasteiger partial charge is 0.402 e. The standard InChI is InChI=1S/C17H19F3N2O4S2/c1-11-8-12(2)16(13(3)9-11)28(25,26)22-14-4-6-15(7-5-14)27(23,24)21-10-17(18,19)20/h4-9,21-22H,10H2,1-3H3. The molecule has 0 atom stereocenters. The van der Waals surface area contributed by atoms with Crippen LogP contribution in [0.2, 0.25) is 0 Å². The second-order valence-electron chi connectivity index (χ2n) is 6.30. The molecule has 2 N–H and O–H groups in total. The number of halogens is 3. The van der Waals surface area contributed by atoms with Gasteiger partial charge in [0.15, 0.2) is 0 Å². The Kier molecular flexibility index (Phi) is 6.12. The summed E-state index contributed by atoms with van der Waals surface area (Å²) in [6.45, 7) is 3.47. The SMILES string of the molecule is Cc1cc(C)c(S(=O)(=O)Nc2ccc(S(=O)(=O)NCC(F)(F)F)cc2)c(C)c1. The molecule has 0 saturated carbocycles. The lowest BCUT2D eigenvalue weighted by molar-refractivity contribution is -0.121. The summed E-state index contributed by atoms with van der Waals surface area (Å²) in [6, 6.07) is 7.82. The molecule has 0 aliphatic carbocycles. The highest BCUT2D eigenvalue weighted by Gasteiger charge is 2.30. The minimum Gasteiger partial charge on any atom is -0.280 e. The number of nitrogens with one attached hydrogen (secondary N) is 2. The van der Waals surface area contributed by atoms with Gasteiger partial charge in [-0.15, -0.1) is 0 Å². The summed E-state index contributed by atoms with van der Waals surface area (Å²) in [5, 5.41) is 0. The molecule has 6 nitrogen and oxygen atoms in total. The Morgan fingerprint density at radius 2 is 1.36 bits per heavy atom. The second-order valence-corrected chi connectivity index (χ2v) is 9.68. The van der Waals surface area contributed by atoms with Gasteiger partial charge in [0.05, 0.1) is 9.79 Å². The summed E-state index contributed by atoms with van der Waals surface area (Å²) in [5.41, 5.74) is 2.10. The van der Waals surface area contributed by atoms with Crippen molar-refractivity contribution in [3.63, 3.8) is 0 Å². The fourth-order valence-electron chi connectivity index (χ4n) is 2.76. The van der Waals surface area contributed by atoms with Gasteiger partial charge in [0, 0.05) is 5.69 Å². The molecule has 0 aliphatic heterocycles. The molecular formula is C17H19F3N2O4S2. The van der Waals surface area contributed by atoms with E-state index in [0.29, 0.717) is 11.1 Å². The number of sulfonamides is 2. The van der Waals surface area contributed by atoms with Gasteiger partial charge in [-0.25, -0.2) is 21.6 Å². The topological polar surface area (TPSA) is 92.3 Å². The third-order valence-electron chi connectivity index (χ3n) is 3.75. The molecule has 0 saturated heterocycles. The minimum absolute atomic E-state index is 0.0779. The van der Waals surface area contributed by atoms with Crippen molar-refractivity contribution in [2.24, 2.45) is 0 Å². The lowest BCUT2D eigenvalue weighted by atomic mass is 10.1. The van der Waals surface area contributed by atoms with E-state index in [1.54, 1.807) is 26.0 Å². The molecule has 0 unspecified atom stereocenters. The average molecular weight is 436 g/mol. The van der Waals surface area contributed by atoms with Crippen molar-refractivity contribution in [3.8, 4) is 0 Å². The Morgan fingerprint density at radius 3 is 1.82 bits per heavy atom. The van der Waals surface area contributed by atoms with Crippen LogP contribution in [0, 0.1) is 20.8 Å². The maximum atomic E-state index is 12.7. The number of hydrogen-bond acceptors (Lipinski definition) is 4. The number of anilines is 1. The van der Waals surface area contributed by atoms with Crippen molar-refractivity contribution in [3.05, 3.63) is 53.1 Å². The quantitative estimate of drug-likeness (QED) is 0.727. The van der Waals surface area contributed by atoms with Crippen molar-refractivity contribution < 1.29 is 30.0 Å². The van der Waals surface area contributed by atoms with Crippen LogP contribution in [-0.2, 0) is 20.0 Å². The molecule has 2 rings (SSSR count). The van der Waals surface area contributed by atoms with E-state index in [0.717, 1.165) is 17.7 Å². The summed E-state index contributed by atoms with van der Waals surface area (Å²) >= 11 is 0. The van der Waals surface area contributed by atoms with E-state index in [1.165, 1.54) is 16.9 Å². The van der Waals surface area contributed by atoms with Gasteiger partial charge in [-0.05, 0) is 56.2 Å². The Hall–Kier alpha value is -2.11. The zero-order valence-electron chi connectivity index (χ0n) is 15.3. The summed E-state index contributed by atoms with van der Waals surface area (Å²) in [4.78, 5) is -0.302. The van der Waals surface area contributed by atoms with Crippen LogP contribution in [-0.4, -0.2) is 29.6 Å². The maximum absolute atomic E-state index is 12.7. The normalized spacial score (nSPS) is 12.8. The molecule has 0 spiro atoms. The van der Waals surface area contributed by atoms with Crippen molar-refractivity contribution in [2.75, 3.05) is 11.3 Å². The molecule has 0 bridgehead atoms. The third kappa shape index (κ3) is 5.46. The van der Waals surface area contributed by atoms with Crippen LogP contribution < -0.4 is 9.44 Å². The van der Waals surface area contributed by atoms with E-state index in [-0.39, 0.29) is 10.6 Å². The molecule has 0 heterocycles. The summed E-state index contributed by atoms with van der Waals surface area (Å²) in [6.07, 6.45) is -4.69. The van der Waals surface area contributed by atoms with Crippen LogP contribution in [0.1, 0.15) is 16.7 Å². The van der Waals surface area contributed by atoms with Gasteiger partial charge in [-0.2, -0.15) is 13.2 Å². The fraction of sp³-hybridized carbons (Fsp3) is 0.294. The fourth-order valence-corrected chi connectivity index (χ4v) is 5.29. The predicted molar refractivity (Wildman–Crippen MR) is 99.1 cm³/mol. The average Bonchev–Trinajstić information content (AvgIpc) is 2.51. The molecule has 0 aromatic heterocycles. The number of aryl methyl sites for hydroxylation is 3. The number of rotatable bonds is 6. The third-order valence-corrected chi connectivity index (χ3v) is 6.86. The lowest BCUT2D eigenvalue weighted by Crippen LogP contribution is -2.33. The van der Waals surface area contributed by atoms with Crippen LogP contribution in [0.5, 0.6) is 0 Å². The van der Waals surface area contributed by atoms with Gasteiger partial charge >= 0.3 is 6.18 Å². The zero-order valence-corrected chi connectivity index (χ0v) is 16.9. The number of alkyl halides is 3. The molecule has 2 aromatic carbocycles. The van der Waals surface area contributed by atoms with Gasteiger partial charge in [-0.1, -0.05) is 17.7 Å². The summed E-state index contributed by atoms with van der Waals surface area (Å²) < 4.78 is 89.5. The minimum atomic E-state index is -4.69. The molecule has 0 aliphatic rings. The van der Waals surface area contributed by atoms with Gasteiger partial charge in [0.1, 0.15) is 6.54 Å². The molecule has 2 aromatic rings. The zero-order chi connectivity index (χ0) is 21.3. The molecule has 154 valence electrons. The van der Waals surface area contributed by atoms with E-state index in [4.69, 9.17) is 0 Å². The van der Waals surface area contributed by atoms with Crippen LogP contribution in [0.25, 0.3) is 0 Å². The lowest BCUT2D eigenvalue weighted by Gasteiger charge is -2.14. The Labute approximate surface area is 161 Å². The first-order chi connectivity index (χ1) is 12.7. The van der Waals surface area contributed by atoms with Crippen LogP contribution in [0.4, 0.5) is 18.9 Å². The maximum Gasteiger partial charge on any atom is 0.402 e. The van der Waals surface area contributed by atoms with Gasteiger partial charge in [0.2, 0.25) is 10.0 Å². The molecule has 0 amide bonds. The molecule has 0 radical (unpaired) electrons. The predicted octanol–water partition coefficient (Wildman–Crippen LogP) is 3.25. The Balaban J connectivity index is 2.25. The van der Waals surface area contributed by atoms with Crippen LogP contribution in [0.15, 0.2) is 46.2 Å². The van der Waals surface area contributed by atoms with Crippen LogP contribution >= 0.6 is 0 Å². The van der Waals surface area contributed by atoms with E-state index < -0.39 is 37.7 Å². The smallest absolute Gasteiger partial charge is 0.280 e. The number of hydrogen-bond donors (Lipinski definition) is 2.